The van der Waals surface area contributed by atoms with Crippen LogP contribution in [0.25, 0.3) is 0 Å². The molecule has 3 rings (SSSR count). The Hall–Kier alpha value is -4.13. The topological polar surface area (TPSA) is 89.0 Å². The molecule has 0 spiro atoms. The standard InChI is InChI=1S/C26H27N3O4/c1-18-8-10-20(11-9-18)17-33-23-13-12-21(14-24(23)32-3)16-27-29-26(31)15-25(30)28-22-7-5-4-6-19(22)2/h4-14,16H,15,17H2,1-3H3,(H,28,30)(H,29,31). The van der Waals surface area contributed by atoms with Crippen molar-refractivity contribution < 1.29 is 19.1 Å². The van der Waals surface area contributed by atoms with Gasteiger partial charge in [0.05, 0.1) is 13.3 Å². The summed E-state index contributed by atoms with van der Waals surface area (Å²) in [6.07, 6.45) is 1.14. The zero-order chi connectivity index (χ0) is 23.6. The van der Waals surface area contributed by atoms with Gasteiger partial charge in [0.25, 0.3) is 0 Å². The number of nitrogens with one attached hydrogen (secondary N) is 2. The Bertz CT molecular complexity index is 1140. The molecular weight excluding hydrogens is 418 g/mol. The van der Waals surface area contributed by atoms with E-state index in [1.165, 1.54) is 11.8 Å². The summed E-state index contributed by atoms with van der Waals surface area (Å²) in [5, 5.41) is 6.64. The number of rotatable bonds is 9. The number of amides is 2. The predicted octanol–water partition coefficient (Wildman–Crippen LogP) is 4.37. The Kier molecular flexibility index (Phi) is 8.18. The molecule has 2 N–H and O–H groups in total. The lowest BCUT2D eigenvalue weighted by Crippen LogP contribution is -2.24. The van der Waals surface area contributed by atoms with Crippen molar-refractivity contribution in [2.24, 2.45) is 5.10 Å². The first kappa shape index (κ1) is 23.5. The molecule has 0 atom stereocenters. The quantitative estimate of drug-likeness (QED) is 0.291. The molecule has 0 radical (unpaired) electrons. The Morgan fingerprint density at radius 1 is 0.939 bits per heavy atom. The number of hydrogen-bond acceptors (Lipinski definition) is 5. The van der Waals surface area contributed by atoms with E-state index in [4.69, 9.17) is 9.47 Å². The van der Waals surface area contributed by atoms with Crippen LogP contribution in [0.5, 0.6) is 11.5 Å². The van der Waals surface area contributed by atoms with Crippen LogP contribution in [-0.2, 0) is 16.2 Å². The summed E-state index contributed by atoms with van der Waals surface area (Å²) in [6, 6.07) is 20.8. The first-order valence-corrected chi connectivity index (χ1v) is 10.5. The fourth-order valence-corrected chi connectivity index (χ4v) is 3.00. The van der Waals surface area contributed by atoms with Crippen LogP contribution in [0.4, 0.5) is 5.69 Å². The highest BCUT2D eigenvalue weighted by Gasteiger charge is 2.10. The second kappa shape index (κ2) is 11.5. The van der Waals surface area contributed by atoms with Crippen LogP contribution >= 0.6 is 0 Å². The number of hydrogen-bond donors (Lipinski definition) is 2. The summed E-state index contributed by atoms with van der Waals surface area (Å²) < 4.78 is 11.3. The summed E-state index contributed by atoms with van der Waals surface area (Å²) in [6.45, 7) is 4.34. The number of nitrogens with zero attached hydrogens (tertiary/aromatic N) is 1. The van der Waals surface area contributed by atoms with Crippen molar-refractivity contribution in [2.45, 2.75) is 26.9 Å². The maximum absolute atomic E-state index is 12.1. The fraction of sp³-hybridized carbons (Fsp3) is 0.192. The molecule has 0 heterocycles. The smallest absolute Gasteiger partial charge is 0.249 e. The normalized spacial score (nSPS) is 10.6. The average Bonchev–Trinajstić information content (AvgIpc) is 2.80. The van der Waals surface area contributed by atoms with E-state index in [-0.39, 0.29) is 6.42 Å². The summed E-state index contributed by atoms with van der Waals surface area (Å²) in [5.74, 6) is 0.234. The predicted molar refractivity (Wildman–Crippen MR) is 129 cm³/mol. The molecule has 0 saturated carbocycles. The van der Waals surface area contributed by atoms with Gasteiger partial charge in [-0.05, 0) is 54.8 Å². The third kappa shape index (κ3) is 7.21. The van der Waals surface area contributed by atoms with Gasteiger partial charge in [-0.3, -0.25) is 9.59 Å². The van der Waals surface area contributed by atoms with Crippen molar-refractivity contribution in [3.05, 3.63) is 89.0 Å². The van der Waals surface area contributed by atoms with Gasteiger partial charge in [-0.15, -0.1) is 0 Å². The Labute approximate surface area is 193 Å². The number of ether oxygens (including phenoxy) is 2. The molecule has 0 aliphatic carbocycles. The lowest BCUT2D eigenvalue weighted by molar-refractivity contribution is -0.126. The zero-order valence-corrected chi connectivity index (χ0v) is 18.9. The van der Waals surface area contributed by atoms with E-state index in [9.17, 15) is 9.59 Å². The van der Waals surface area contributed by atoms with Gasteiger partial charge in [0.1, 0.15) is 13.0 Å². The number of anilines is 1. The van der Waals surface area contributed by atoms with Gasteiger partial charge < -0.3 is 14.8 Å². The second-order valence-corrected chi connectivity index (χ2v) is 7.52. The van der Waals surface area contributed by atoms with E-state index >= 15 is 0 Å². The molecule has 3 aromatic rings. The van der Waals surface area contributed by atoms with Gasteiger partial charge in [0, 0.05) is 5.69 Å². The van der Waals surface area contributed by atoms with Gasteiger partial charge in [0.2, 0.25) is 11.8 Å². The van der Waals surface area contributed by atoms with Gasteiger partial charge in [-0.2, -0.15) is 5.10 Å². The van der Waals surface area contributed by atoms with Crippen molar-refractivity contribution in [1.29, 1.82) is 0 Å². The van der Waals surface area contributed by atoms with E-state index in [2.05, 4.69) is 15.8 Å². The van der Waals surface area contributed by atoms with Crippen LogP contribution in [0.2, 0.25) is 0 Å². The molecule has 2 amide bonds. The minimum atomic E-state index is -0.512. The fourth-order valence-electron chi connectivity index (χ4n) is 3.00. The summed E-state index contributed by atoms with van der Waals surface area (Å²) in [7, 11) is 1.56. The molecule has 33 heavy (non-hydrogen) atoms. The van der Waals surface area contributed by atoms with Gasteiger partial charge in [-0.25, -0.2) is 5.43 Å². The van der Waals surface area contributed by atoms with Crippen LogP contribution in [0, 0.1) is 13.8 Å². The van der Waals surface area contributed by atoms with Gasteiger partial charge >= 0.3 is 0 Å². The highest BCUT2D eigenvalue weighted by atomic mass is 16.5. The number of aryl methyl sites for hydroxylation is 2. The maximum Gasteiger partial charge on any atom is 0.249 e. The summed E-state index contributed by atoms with van der Waals surface area (Å²) >= 11 is 0. The molecule has 0 bridgehead atoms. The minimum Gasteiger partial charge on any atom is -0.493 e. The molecular formula is C26H27N3O4. The molecule has 170 valence electrons. The first-order chi connectivity index (χ1) is 15.9. The van der Waals surface area contributed by atoms with E-state index in [1.54, 1.807) is 31.4 Å². The van der Waals surface area contributed by atoms with Crippen molar-refractivity contribution in [1.82, 2.24) is 5.43 Å². The largest absolute Gasteiger partial charge is 0.493 e. The summed E-state index contributed by atoms with van der Waals surface area (Å²) in [5.41, 5.74) is 6.92. The number of methoxy groups -OCH3 is 1. The molecule has 3 aromatic carbocycles. The van der Waals surface area contributed by atoms with Crippen LogP contribution in [0.1, 0.15) is 28.7 Å². The number of carbonyl (C=O) groups excluding carboxylic acids is 2. The van der Waals surface area contributed by atoms with Gasteiger partial charge in [0.15, 0.2) is 11.5 Å². The zero-order valence-electron chi connectivity index (χ0n) is 18.9. The number of para-hydroxylation sites is 1. The lowest BCUT2D eigenvalue weighted by atomic mass is 10.2. The number of benzene rings is 3. The van der Waals surface area contributed by atoms with Crippen LogP contribution in [0.15, 0.2) is 71.8 Å². The van der Waals surface area contributed by atoms with Crippen molar-refractivity contribution in [3.8, 4) is 11.5 Å². The summed E-state index contributed by atoms with van der Waals surface area (Å²) in [4.78, 5) is 24.1. The number of carbonyl (C=O) groups is 2. The Morgan fingerprint density at radius 2 is 1.70 bits per heavy atom. The molecule has 0 fully saturated rings. The van der Waals surface area contributed by atoms with Crippen LogP contribution in [-0.4, -0.2) is 25.1 Å². The van der Waals surface area contributed by atoms with Gasteiger partial charge in [-0.1, -0.05) is 48.0 Å². The molecule has 0 aromatic heterocycles. The van der Waals surface area contributed by atoms with E-state index in [0.717, 1.165) is 11.1 Å². The lowest BCUT2D eigenvalue weighted by Gasteiger charge is -2.11. The van der Waals surface area contributed by atoms with Crippen molar-refractivity contribution in [3.63, 3.8) is 0 Å². The maximum atomic E-state index is 12.1. The van der Waals surface area contributed by atoms with E-state index in [1.807, 2.05) is 56.3 Å². The Balaban J connectivity index is 1.51. The van der Waals surface area contributed by atoms with Crippen molar-refractivity contribution in [2.75, 3.05) is 12.4 Å². The highest BCUT2D eigenvalue weighted by molar-refractivity contribution is 6.04. The third-order valence-corrected chi connectivity index (χ3v) is 4.85. The number of hydrazone groups is 1. The molecule has 0 aliphatic heterocycles. The average molecular weight is 446 g/mol. The molecule has 7 heteroatoms. The van der Waals surface area contributed by atoms with E-state index in [0.29, 0.717) is 29.4 Å². The SMILES string of the molecule is COc1cc(C=NNC(=O)CC(=O)Nc2ccccc2C)ccc1OCc1ccc(C)cc1. The van der Waals surface area contributed by atoms with E-state index < -0.39 is 11.8 Å². The molecule has 7 nitrogen and oxygen atoms in total. The highest BCUT2D eigenvalue weighted by Crippen LogP contribution is 2.28. The monoisotopic (exact) mass is 445 g/mol. The molecule has 0 unspecified atom stereocenters. The van der Waals surface area contributed by atoms with Crippen LogP contribution in [0.3, 0.4) is 0 Å². The van der Waals surface area contributed by atoms with Crippen LogP contribution < -0.4 is 20.2 Å². The Morgan fingerprint density at radius 3 is 2.42 bits per heavy atom. The minimum absolute atomic E-state index is 0.333. The molecule has 0 saturated heterocycles. The molecule has 0 aliphatic rings. The first-order valence-electron chi connectivity index (χ1n) is 10.5. The van der Waals surface area contributed by atoms with Crippen molar-refractivity contribution >= 4 is 23.7 Å². The second-order valence-electron chi connectivity index (χ2n) is 7.52. The third-order valence-electron chi connectivity index (χ3n) is 4.85.